The van der Waals surface area contributed by atoms with Crippen LogP contribution in [0.15, 0.2) is 10.7 Å². The first-order chi connectivity index (χ1) is 7.65. The molecule has 0 amide bonds. The summed E-state index contributed by atoms with van der Waals surface area (Å²) in [7, 11) is 3.61. The highest BCUT2D eigenvalue weighted by atomic mass is 79.9. The quantitative estimate of drug-likeness (QED) is 0.828. The molecule has 0 spiro atoms. The molecule has 1 aliphatic heterocycles. The van der Waals surface area contributed by atoms with Crippen LogP contribution in [0.2, 0.25) is 0 Å². The molecule has 2 atom stereocenters. The molecule has 0 aromatic carbocycles. The van der Waals surface area contributed by atoms with E-state index in [9.17, 15) is 4.79 Å². The molecule has 2 heterocycles. The SMILES string of the molecule is CNC1COCC1C(=O)c1c(Br)cnn1C. The lowest BCUT2D eigenvalue weighted by atomic mass is 9.96. The summed E-state index contributed by atoms with van der Waals surface area (Å²) in [6, 6.07) is 0.0919. The van der Waals surface area contributed by atoms with Crippen LogP contribution in [0.25, 0.3) is 0 Å². The minimum atomic E-state index is -0.128. The lowest BCUT2D eigenvalue weighted by molar-refractivity contribution is 0.0882. The molecule has 88 valence electrons. The summed E-state index contributed by atoms with van der Waals surface area (Å²) >= 11 is 3.34. The highest BCUT2D eigenvalue weighted by Gasteiger charge is 2.35. The van der Waals surface area contributed by atoms with Gasteiger partial charge in [0.15, 0.2) is 5.78 Å². The summed E-state index contributed by atoms with van der Waals surface area (Å²) < 4.78 is 7.66. The van der Waals surface area contributed by atoms with E-state index >= 15 is 0 Å². The van der Waals surface area contributed by atoms with Gasteiger partial charge in [-0.05, 0) is 23.0 Å². The summed E-state index contributed by atoms with van der Waals surface area (Å²) in [6.07, 6.45) is 1.64. The van der Waals surface area contributed by atoms with Crippen LogP contribution in [0.3, 0.4) is 0 Å². The molecule has 2 rings (SSSR count). The number of aromatic nitrogens is 2. The molecule has 16 heavy (non-hydrogen) atoms. The van der Waals surface area contributed by atoms with E-state index in [0.29, 0.717) is 18.9 Å². The van der Waals surface area contributed by atoms with Gasteiger partial charge in [-0.25, -0.2) is 0 Å². The first-order valence-electron chi connectivity index (χ1n) is 5.12. The normalized spacial score (nSPS) is 24.9. The van der Waals surface area contributed by atoms with E-state index in [0.717, 1.165) is 4.47 Å². The van der Waals surface area contributed by atoms with Crippen LogP contribution in [0, 0.1) is 5.92 Å². The summed E-state index contributed by atoms with van der Waals surface area (Å²) in [4.78, 5) is 12.3. The number of hydrogen-bond donors (Lipinski definition) is 1. The second kappa shape index (κ2) is 4.65. The van der Waals surface area contributed by atoms with Gasteiger partial charge in [0.25, 0.3) is 0 Å². The molecule has 0 saturated carbocycles. The van der Waals surface area contributed by atoms with Crippen LogP contribution in [0.4, 0.5) is 0 Å². The van der Waals surface area contributed by atoms with E-state index in [-0.39, 0.29) is 17.7 Å². The maximum absolute atomic E-state index is 12.3. The minimum Gasteiger partial charge on any atom is -0.379 e. The molecule has 1 aliphatic rings. The van der Waals surface area contributed by atoms with Gasteiger partial charge in [-0.3, -0.25) is 9.48 Å². The second-order valence-corrected chi connectivity index (χ2v) is 4.72. The monoisotopic (exact) mass is 287 g/mol. The van der Waals surface area contributed by atoms with Gasteiger partial charge in [0.2, 0.25) is 0 Å². The van der Waals surface area contributed by atoms with Crippen LogP contribution in [-0.4, -0.2) is 41.9 Å². The number of carbonyl (C=O) groups is 1. The van der Waals surface area contributed by atoms with Crippen molar-refractivity contribution in [2.24, 2.45) is 13.0 Å². The zero-order valence-corrected chi connectivity index (χ0v) is 10.8. The predicted octanol–water partition coefficient (Wildman–Crippen LogP) is 0.600. The number of carbonyl (C=O) groups excluding carboxylic acids is 1. The zero-order chi connectivity index (χ0) is 11.7. The van der Waals surface area contributed by atoms with Crippen molar-refractivity contribution in [2.75, 3.05) is 20.3 Å². The Bertz CT molecular complexity index is 385. The Labute approximate surface area is 102 Å². The number of rotatable bonds is 3. The highest BCUT2D eigenvalue weighted by Crippen LogP contribution is 2.23. The molecule has 1 saturated heterocycles. The zero-order valence-electron chi connectivity index (χ0n) is 9.24. The third-order valence-corrected chi connectivity index (χ3v) is 3.50. The fourth-order valence-electron chi connectivity index (χ4n) is 1.96. The summed E-state index contributed by atoms with van der Waals surface area (Å²) in [6.45, 7) is 1.06. The standard InChI is InChI=1S/C10H14BrN3O2/c1-12-8-5-16-4-6(8)10(15)9-7(11)3-13-14(9)2/h3,6,8,12H,4-5H2,1-2H3. The van der Waals surface area contributed by atoms with E-state index in [1.165, 1.54) is 0 Å². The van der Waals surface area contributed by atoms with Crippen LogP contribution in [0.1, 0.15) is 10.5 Å². The topological polar surface area (TPSA) is 56.1 Å². The van der Waals surface area contributed by atoms with Gasteiger partial charge in [0.1, 0.15) is 5.69 Å². The van der Waals surface area contributed by atoms with Crippen molar-refractivity contribution < 1.29 is 9.53 Å². The van der Waals surface area contributed by atoms with Crippen molar-refractivity contribution in [3.8, 4) is 0 Å². The van der Waals surface area contributed by atoms with E-state index in [1.54, 1.807) is 17.9 Å². The van der Waals surface area contributed by atoms with Crippen LogP contribution >= 0.6 is 15.9 Å². The van der Waals surface area contributed by atoms with Crippen molar-refractivity contribution in [1.82, 2.24) is 15.1 Å². The molecule has 1 N–H and O–H groups in total. The Morgan fingerprint density at radius 1 is 1.69 bits per heavy atom. The molecule has 1 aromatic rings. The van der Waals surface area contributed by atoms with Gasteiger partial charge in [-0.15, -0.1) is 0 Å². The number of nitrogens with one attached hydrogen (secondary N) is 1. The van der Waals surface area contributed by atoms with Gasteiger partial charge >= 0.3 is 0 Å². The number of ether oxygens (including phenoxy) is 1. The van der Waals surface area contributed by atoms with Gasteiger partial charge < -0.3 is 10.1 Å². The summed E-state index contributed by atoms with van der Waals surface area (Å²) in [5.74, 6) is -0.0552. The number of hydrogen-bond acceptors (Lipinski definition) is 4. The first kappa shape index (κ1) is 11.8. The molecule has 1 fully saturated rings. The van der Waals surface area contributed by atoms with E-state index in [2.05, 4.69) is 26.3 Å². The minimum absolute atomic E-state index is 0.0729. The number of ketones is 1. The van der Waals surface area contributed by atoms with E-state index in [4.69, 9.17) is 4.74 Å². The fourth-order valence-corrected chi connectivity index (χ4v) is 2.50. The molecular formula is C10H14BrN3O2. The largest absolute Gasteiger partial charge is 0.379 e. The maximum atomic E-state index is 12.3. The van der Waals surface area contributed by atoms with Crippen molar-refractivity contribution in [3.05, 3.63) is 16.4 Å². The average Bonchev–Trinajstić information content (AvgIpc) is 2.85. The van der Waals surface area contributed by atoms with Gasteiger partial charge in [0.05, 0.1) is 29.8 Å². The molecule has 5 nitrogen and oxygen atoms in total. The number of halogens is 1. The Hall–Kier alpha value is -0.720. The fraction of sp³-hybridized carbons (Fsp3) is 0.600. The van der Waals surface area contributed by atoms with Crippen molar-refractivity contribution in [1.29, 1.82) is 0 Å². The summed E-state index contributed by atoms with van der Waals surface area (Å²) in [5, 5.41) is 7.15. The third kappa shape index (κ3) is 1.92. The molecule has 6 heteroatoms. The van der Waals surface area contributed by atoms with Gasteiger partial charge in [-0.1, -0.05) is 0 Å². The Morgan fingerprint density at radius 3 is 3.00 bits per heavy atom. The van der Waals surface area contributed by atoms with Crippen molar-refractivity contribution in [2.45, 2.75) is 6.04 Å². The summed E-state index contributed by atoms with van der Waals surface area (Å²) in [5.41, 5.74) is 0.607. The third-order valence-electron chi connectivity index (χ3n) is 2.92. The first-order valence-corrected chi connectivity index (χ1v) is 5.91. The van der Waals surface area contributed by atoms with Crippen molar-refractivity contribution in [3.63, 3.8) is 0 Å². The van der Waals surface area contributed by atoms with Crippen molar-refractivity contribution >= 4 is 21.7 Å². The van der Waals surface area contributed by atoms with Crippen LogP contribution in [-0.2, 0) is 11.8 Å². The predicted molar refractivity (Wildman–Crippen MR) is 62.4 cm³/mol. The lowest BCUT2D eigenvalue weighted by Gasteiger charge is -2.15. The van der Waals surface area contributed by atoms with Crippen LogP contribution < -0.4 is 5.32 Å². The Kier molecular flexibility index (Phi) is 3.41. The lowest BCUT2D eigenvalue weighted by Crippen LogP contribution is -2.37. The van der Waals surface area contributed by atoms with E-state index in [1.807, 2.05) is 7.05 Å². The smallest absolute Gasteiger partial charge is 0.189 e. The average molecular weight is 288 g/mol. The van der Waals surface area contributed by atoms with Gasteiger partial charge in [-0.2, -0.15) is 5.10 Å². The number of Topliss-reactive ketones (excluding diaryl/α,β-unsaturated/α-hetero) is 1. The Balaban J connectivity index is 2.25. The molecule has 0 aliphatic carbocycles. The Morgan fingerprint density at radius 2 is 2.44 bits per heavy atom. The second-order valence-electron chi connectivity index (χ2n) is 3.87. The molecule has 1 aromatic heterocycles. The molecule has 0 bridgehead atoms. The maximum Gasteiger partial charge on any atom is 0.189 e. The number of likely N-dealkylation sites (N-methyl/N-ethyl adjacent to an activating group) is 1. The molecule has 2 unspecified atom stereocenters. The number of nitrogens with zero attached hydrogens (tertiary/aromatic N) is 2. The van der Waals surface area contributed by atoms with Crippen LogP contribution in [0.5, 0.6) is 0 Å². The van der Waals surface area contributed by atoms with E-state index < -0.39 is 0 Å². The van der Waals surface area contributed by atoms with Gasteiger partial charge in [0, 0.05) is 13.1 Å². The highest BCUT2D eigenvalue weighted by molar-refractivity contribution is 9.10. The molecular weight excluding hydrogens is 274 g/mol. The molecule has 0 radical (unpaired) electrons. The number of aryl methyl sites for hydroxylation is 1.